The molecule has 2 aromatic carbocycles. The van der Waals surface area contributed by atoms with Crippen molar-refractivity contribution < 1.29 is 23.8 Å². The lowest BCUT2D eigenvalue weighted by Gasteiger charge is -2.11. The van der Waals surface area contributed by atoms with Crippen LogP contribution in [-0.2, 0) is 9.47 Å². The number of para-hydroxylation sites is 1. The summed E-state index contributed by atoms with van der Waals surface area (Å²) in [5.41, 5.74) is 0.368. The zero-order chi connectivity index (χ0) is 18.8. The average Bonchev–Trinajstić information content (AvgIpc) is 2.66. The maximum Gasteiger partial charge on any atom is 0.339 e. The van der Waals surface area contributed by atoms with Gasteiger partial charge in [-0.3, -0.25) is 0 Å². The van der Waals surface area contributed by atoms with Gasteiger partial charge in [-0.1, -0.05) is 49.2 Å². The van der Waals surface area contributed by atoms with Crippen LogP contribution >= 0.6 is 11.6 Å². The van der Waals surface area contributed by atoms with E-state index in [0.29, 0.717) is 17.4 Å². The summed E-state index contributed by atoms with van der Waals surface area (Å²) in [5.74, 6) is -0.612. The highest BCUT2D eigenvalue weighted by molar-refractivity contribution is 6.32. The van der Waals surface area contributed by atoms with E-state index in [2.05, 4.69) is 0 Å². The fraction of sp³-hybridized carbons (Fsp3) is 0.300. The Morgan fingerprint density at radius 1 is 0.846 bits per heavy atom. The van der Waals surface area contributed by atoms with Crippen LogP contribution in [0.2, 0.25) is 5.02 Å². The maximum absolute atomic E-state index is 12.3. The monoisotopic (exact) mass is 376 g/mol. The molecule has 5 nitrogen and oxygen atoms in total. The van der Waals surface area contributed by atoms with Gasteiger partial charge in [0.15, 0.2) is 0 Å². The molecule has 0 saturated heterocycles. The molecule has 2 rings (SSSR count). The van der Waals surface area contributed by atoms with E-state index in [1.54, 1.807) is 42.5 Å². The molecule has 0 unspecified atom stereocenters. The third-order valence-corrected chi connectivity index (χ3v) is 3.82. The van der Waals surface area contributed by atoms with Crippen molar-refractivity contribution in [2.45, 2.75) is 19.8 Å². The standard InChI is InChI=1S/C20H21ClO5/c1-2-3-12-25-19(22)15-8-4-5-9-16(15)20(23)26-14-13-24-18-11-7-6-10-17(18)21/h4-11H,2-3,12-14H2,1H3. The quantitative estimate of drug-likeness (QED) is 0.475. The van der Waals surface area contributed by atoms with Crippen molar-refractivity contribution in [2.75, 3.05) is 19.8 Å². The van der Waals surface area contributed by atoms with E-state index in [1.807, 2.05) is 6.92 Å². The van der Waals surface area contributed by atoms with Crippen molar-refractivity contribution >= 4 is 23.5 Å². The highest BCUT2D eigenvalue weighted by Crippen LogP contribution is 2.22. The molecule has 0 radical (unpaired) electrons. The second-order valence-electron chi connectivity index (χ2n) is 5.45. The first-order valence-electron chi connectivity index (χ1n) is 8.44. The van der Waals surface area contributed by atoms with E-state index in [4.69, 9.17) is 25.8 Å². The first-order chi connectivity index (χ1) is 12.6. The third-order valence-electron chi connectivity index (χ3n) is 3.51. The molecule has 138 valence electrons. The van der Waals surface area contributed by atoms with E-state index in [-0.39, 0.29) is 24.3 Å². The summed E-state index contributed by atoms with van der Waals surface area (Å²) in [6, 6.07) is 13.5. The Hall–Kier alpha value is -2.53. The second kappa shape index (κ2) is 10.5. The van der Waals surface area contributed by atoms with Gasteiger partial charge < -0.3 is 14.2 Å². The highest BCUT2D eigenvalue weighted by Gasteiger charge is 2.18. The van der Waals surface area contributed by atoms with Gasteiger partial charge in [0.2, 0.25) is 0 Å². The number of ether oxygens (including phenoxy) is 3. The number of hydrogen-bond donors (Lipinski definition) is 0. The van der Waals surface area contributed by atoms with Crippen molar-refractivity contribution in [3.05, 3.63) is 64.7 Å². The van der Waals surface area contributed by atoms with Crippen LogP contribution in [0.15, 0.2) is 48.5 Å². The first kappa shape index (κ1) is 19.8. The summed E-state index contributed by atoms with van der Waals surface area (Å²) in [4.78, 5) is 24.4. The molecule has 0 heterocycles. The van der Waals surface area contributed by atoms with Gasteiger partial charge in [-0.05, 0) is 30.7 Å². The van der Waals surface area contributed by atoms with E-state index >= 15 is 0 Å². The predicted molar refractivity (Wildman–Crippen MR) is 98.9 cm³/mol. The molecule has 0 aliphatic heterocycles. The zero-order valence-electron chi connectivity index (χ0n) is 14.6. The van der Waals surface area contributed by atoms with Gasteiger partial charge in [0.05, 0.1) is 22.8 Å². The predicted octanol–water partition coefficient (Wildman–Crippen LogP) is 4.53. The Labute approximate surface area is 157 Å². The lowest BCUT2D eigenvalue weighted by molar-refractivity contribution is 0.0422. The van der Waals surface area contributed by atoms with Gasteiger partial charge in [-0.25, -0.2) is 9.59 Å². The number of carbonyl (C=O) groups excluding carboxylic acids is 2. The van der Waals surface area contributed by atoms with Crippen LogP contribution < -0.4 is 4.74 Å². The summed E-state index contributed by atoms with van der Waals surface area (Å²) >= 11 is 5.99. The Kier molecular flexibility index (Phi) is 7.96. The number of rotatable bonds is 9. The van der Waals surface area contributed by atoms with Crippen molar-refractivity contribution in [3.8, 4) is 5.75 Å². The number of unbranched alkanes of at least 4 members (excludes halogenated alkanes) is 1. The smallest absolute Gasteiger partial charge is 0.339 e. The number of hydrogen-bond acceptors (Lipinski definition) is 5. The van der Waals surface area contributed by atoms with Gasteiger partial charge in [0.1, 0.15) is 19.0 Å². The second-order valence-corrected chi connectivity index (χ2v) is 5.86. The van der Waals surface area contributed by atoms with Crippen LogP contribution in [0.1, 0.15) is 40.5 Å². The van der Waals surface area contributed by atoms with Gasteiger partial charge in [-0.2, -0.15) is 0 Å². The topological polar surface area (TPSA) is 61.8 Å². The minimum Gasteiger partial charge on any atom is -0.488 e. The van der Waals surface area contributed by atoms with Gasteiger partial charge in [0.25, 0.3) is 0 Å². The van der Waals surface area contributed by atoms with E-state index in [1.165, 1.54) is 6.07 Å². The lowest BCUT2D eigenvalue weighted by atomic mass is 10.1. The van der Waals surface area contributed by atoms with Gasteiger partial charge >= 0.3 is 11.9 Å². The molecule has 0 N–H and O–H groups in total. The SMILES string of the molecule is CCCCOC(=O)c1ccccc1C(=O)OCCOc1ccccc1Cl. The molecule has 0 saturated carbocycles. The average molecular weight is 377 g/mol. The van der Waals surface area contributed by atoms with Crippen LogP contribution in [-0.4, -0.2) is 31.8 Å². The number of benzene rings is 2. The molecule has 0 aliphatic carbocycles. The molecule has 0 spiro atoms. The molecule has 0 amide bonds. The molecule has 0 aliphatic rings. The molecule has 26 heavy (non-hydrogen) atoms. The Morgan fingerprint density at radius 2 is 1.42 bits per heavy atom. The number of carbonyl (C=O) groups is 2. The summed E-state index contributed by atoms with van der Waals surface area (Å²) in [7, 11) is 0. The Balaban J connectivity index is 1.89. The Bertz CT molecular complexity index is 744. The van der Waals surface area contributed by atoms with Gasteiger partial charge in [-0.15, -0.1) is 0 Å². The van der Waals surface area contributed by atoms with Crippen LogP contribution in [0.3, 0.4) is 0 Å². The molecule has 6 heteroatoms. The largest absolute Gasteiger partial charge is 0.488 e. The fourth-order valence-corrected chi connectivity index (χ4v) is 2.34. The molecule has 0 fully saturated rings. The molecule has 2 aromatic rings. The van der Waals surface area contributed by atoms with E-state index < -0.39 is 11.9 Å². The lowest BCUT2D eigenvalue weighted by Crippen LogP contribution is -2.17. The molecule has 0 aromatic heterocycles. The van der Waals surface area contributed by atoms with E-state index in [9.17, 15) is 9.59 Å². The van der Waals surface area contributed by atoms with Crippen LogP contribution in [0.25, 0.3) is 0 Å². The third kappa shape index (κ3) is 5.77. The minimum atomic E-state index is -0.601. The summed E-state index contributed by atoms with van der Waals surface area (Å²) < 4.78 is 15.8. The van der Waals surface area contributed by atoms with E-state index in [0.717, 1.165) is 12.8 Å². The Morgan fingerprint density at radius 3 is 2.04 bits per heavy atom. The summed E-state index contributed by atoms with van der Waals surface area (Å²) in [6.45, 7) is 2.51. The zero-order valence-corrected chi connectivity index (χ0v) is 15.3. The van der Waals surface area contributed by atoms with Gasteiger partial charge in [0, 0.05) is 0 Å². The fourth-order valence-electron chi connectivity index (χ4n) is 2.15. The van der Waals surface area contributed by atoms with Crippen molar-refractivity contribution in [1.82, 2.24) is 0 Å². The number of halogens is 1. The molecule has 0 bridgehead atoms. The first-order valence-corrected chi connectivity index (χ1v) is 8.82. The molecular formula is C20H21ClO5. The summed E-state index contributed by atoms with van der Waals surface area (Å²) in [5, 5.41) is 0.485. The van der Waals surface area contributed by atoms with Crippen LogP contribution in [0.4, 0.5) is 0 Å². The van der Waals surface area contributed by atoms with Crippen molar-refractivity contribution in [1.29, 1.82) is 0 Å². The maximum atomic E-state index is 12.3. The molecular weight excluding hydrogens is 356 g/mol. The minimum absolute atomic E-state index is 0.0310. The van der Waals surface area contributed by atoms with Crippen LogP contribution in [0, 0.1) is 0 Å². The number of esters is 2. The molecule has 0 atom stereocenters. The summed E-state index contributed by atoms with van der Waals surface area (Å²) in [6.07, 6.45) is 1.69. The normalized spacial score (nSPS) is 10.2. The van der Waals surface area contributed by atoms with Crippen molar-refractivity contribution in [2.24, 2.45) is 0 Å². The highest BCUT2D eigenvalue weighted by atomic mass is 35.5. The van der Waals surface area contributed by atoms with Crippen LogP contribution in [0.5, 0.6) is 5.75 Å². The van der Waals surface area contributed by atoms with Crippen molar-refractivity contribution in [3.63, 3.8) is 0 Å².